The van der Waals surface area contributed by atoms with E-state index >= 15 is 0 Å². The van der Waals surface area contributed by atoms with Crippen LogP contribution < -0.4 is 5.32 Å². The molecule has 56 valence electrons. The van der Waals surface area contributed by atoms with Crippen molar-refractivity contribution in [3.63, 3.8) is 0 Å². The van der Waals surface area contributed by atoms with Crippen LogP contribution in [0.3, 0.4) is 0 Å². The molecule has 1 unspecified atom stereocenters. The molecule has 0 bridgehead atoms. The lowest BCUT2D eigenvalue weighted by Gasteiger charge is -2.09. The molecule has 0 aliphatic carbocycles. The molecule has 2 aliphatic rings. The summed E-state index contributed by atoms with van der Waals surface area (Å²) in [5.74, 6) is 0.119. The third-order valence-electron chi connectivity index (χ3n) is 1.34. The van der Waals surface area contributed by atoms with Gasteiger partial charge in [0, 0.05) is 0 Å². The summed E-state index contributed by atoms with van der Waals surface area (Å²) in [6.45, 7) is 0. The van der Waals surface area contributed by atoms with E-state index in [0.29, 0.717) is 5.84 Å². The van der Waals surface area contributed by atoms with Crippen molar-refractivity contribution in [2.75, 3.05) is 0 Å². The Morgan fingerprint density at radius 3 is 3.18 bits per heavy atom. The smallest absolute Gasteiger partial charge is 0.257 e. The van der Waals surface area contributed by atoms with Crippen LogP contribution in [0.5, 0.6) is 0 Å². The van der Waals surface area contributed by atoms with Crippen molar-refractivity contribution >= 4 is 35.0 Å². The topological polar surface area (TPSA) is 66.2 Å². The van der Waals surface area contributed by atoms with Crippen LogP contribution in [0.4, 0.5) is 0 Å². The van der Waals surface area contributed by atoms with Gasteiger partial charge in [-0.05, 0) is 11.6 Å². The summed E-state index contributed by atoms with van der Waals surface area (Å²) < 4.78 is 0. The largest absolute Gasteiger partial charge is 0.314 e. The molecule has 6 heteroatoms. The summed E-state index contributed by atoms with van der Waals surface area (Å²) in [5.41, 5.74) is 0. The van der Waals surface area contributed by atoms with Crippen molar-refractivity contribution in [2.45, 2.75) is 6.04 Å². The van der Waals surface area contributed by atoms with E-state index in [1.807, 2.05) is 0 Å². The molecule has 0 aromatic heterocycles. The highest BCUT2D eigenvalue weighted by Gasteiger charge is 2.30. The Bertz CT molecular complexity index is 306. The SMILES string of the molecule is O=C1NC=NC2=NC(Cl)=NC12. The van der Waals surface area contributed by atoms with E-state index in [1.165, 1.54) is 6.34 Å². The highest BCUT2D eigenvalue weighted by molar-refractivity contribution is 6.66. The van der Waals surface area contributed by atoms with E-state index in [9.17, 15) is 4.79 Å². The number of amides is 1. The van der Waals surface area contributed by atoms with Crippen molar-refractivity contribution in [2.24, 2.45) is 15.0 Å². The standard InChI is InChI=1S/C5H3ClN4O/c6-5-9-2-3(10-5)7-1-8-4(2)11/h1-2H,(H,7,8,9,10,11). The number of aliphatic imine (C=N–C) groups is 3. The third kappa shape index (κ3) is 0.932. The highest BCUT2D eigenvalue weighted by Crippen LogP contribution is 2.11. The van der Waals surface area contributed by atoms with E-state index in [1.54, 1.807) is 0 Å². The van der Waals surface area contributed by atoms with Gasteiger partial charge in [-0.25, -0.2) is 15.0 Å². The van der Waals surface area contributed by atoms with Gasteiger partial charge in [0.1, 0.15) is 0 Å². The first-order valence-electron chi connectivity index (χ1n) is 2.92. The second kappa shape index (κ2) is 2.13. The lowest BCUT2D eigenvalue weighted by molar-refractivity contribution is -0.119. The molecule has 2 aliphatic heterocycles. The Balaban J connectivity index is 2.42. The Labute approximate surface area is 66.9 Å². The second-order valence-electron chi connectivity index (χ2n) is 2.04. The lowest BCUT2D eigenvalue weighted by atomic mass is 10.2. The summed E-state index contributed by atoms with van der Waals surface area (Å²) in [7, 11) is 0. The first-order chi connectivity index (χ1) is 5.27. The lowest BCUT2D eigenvalue weighted by Crippen LogP contribution is -2.40. The van der Waals surface area contributed by atoms with Gasteiger partial charge in [-0.1, -0.05) is 0 Å². The predicted octanol–water partition coefficient (Wildman–Crippen LogP) is -0.480. The predicted molar refractivity (Wildman–Crippen MR) is 41.1 cm³/mol. The molecule has 0 spiro atoms. The van der Waals surface area contributed by atoms with Gasteiger partial charge in [-0.3, -0.25) is 4.79 Å². The van der Waals surface area contributed by atoms with Crippen LogP contribution in [0.15, 0.2) is 15.0 Å². The maximum absolute atomic E-state index is 11.0. The molecule has 0 fully saturated rings. The molecule has 0 radical (unpaired) electrons. The van der Waals surface area contributed by atoms with Crippen LogP contribution >= 0.6 is 11.6 Å². The Morgan fingerprint density at radius 1 is 1.64 bits per heavy atom. The molecule has 1 atom stereocenters. The molecule has 2 rings (SSSR count). The number of carbonyl (C=O) groups excluding carboxylic acids is 1. The Morgan fingerprint density at radius 2 is 2.45 bits per heavy atom. The van der Waals surface area contributed by atoms with Crippen LogP contribution in [0.1, 0.15) is 0 Å². The molecule has 0 saturated heterocycles. The van der Waals surface area contributed by atoms with E-state index in [2.05, 4.69) is 20.3 Å². The summed E-state index contributed by atoms with van der Waals surface area (Å²) >= 11 is 5.46. The number of nitrogens with one attached hydrogen (secondary N) is 1. The van der Waals surface area contributed by atoms with Crippen LogP contribution in [0.25, 0.3) is 0 Å². The van der Waals surface area contributed by atoms with Gasteiger partial charge in [0.2, 0.25) is 5.29 Å². The van der Waals surface area contributed by atoms with Crippen LogP contribution in [0, 0.1) is 0 Å². The maximum atomic E-state index is 11.0. The van der Waals surface area contributed by atoms with Crippen molar-refractivity contribution in [3.8, 4) is 0 Å². The number of hydrogen-bond donors (Lipinski definition) is 1. The van der Waals surface area contributed by atoms with Gasteiger partial charge in [-0.15, -0.1) is 0 Å². The zero-order valence-corrected chi connectivity index (χ0v) is 6.04. The summed E-state index contributed by atoms with van der Waals surface area (Å²) in [6, 6.07) is -0.632. The molecule has 0 aromatic rings. The molecule has 0 saturated carbocycles. The highest BCUT2D eigenvalue weighted by atomic mass is 35.5. The number of nitrogens with zero attached hydrogens (tertiary/aromatic N) is 3. The monoisotopic (exact) mass is 170 g/mol. The quantitative estimate of drug-likeness (QED) is 0.491. The Kier molecular flexibility index (Phi) is 1.25. The van der Waals surface area contributed by atoms with Crippen molar-refractivity contribution in [1.29, 1.82) is 0 Å². The van der Waals surface area contributed by atoms with E-state index in [4.69, 9.17) is 11.6 Å². The number of hydrogen-bond acceptors (Lipinski definition) is 4. The molecular weight excluding hydrogens is 168 g/mol. The zero-order chi connectivity index (χ0) is 7.84. The van der Waals surface area contributed by atoms with E-state index in [-0.39, 0.29) is 11.2 Å². The molecule has 1 amide bonds. The normalized spacial score (nSPS) is 27.4. The minimum absolute atomic E-state index is 0.0826. The summed E-state index contributed by atoms with van der Waals surface area (Å²) in [4.78, 5) is 22.2. The first kappa shape index (κ1) is 6.48. The van der Waals surface area contributed by atoms with E-state index in [0.717, 1.165) is 0 Å². The maximum Gasteiger partial charge on any atom is 0.257 e. The van der Waals surface area contributed by atoms with Gasteiger partial charge in [0.25, 0.3) is 5.91 Å². The summed E-state index contributed by atoms with van der Waals surface area (Å²) in [5, 5.41) is 2.48. The molecule has 5 nitrogen and oxygen atoms in total. The first-order valence-corrected chi connectivity index (χ1v) is 3.30. The fraction of sp³-hybridized carbons (Fsp3) is 0.200. The zero-order valence-electron chi connectivity index (χ0n) is 5.28. The number of fused-ring (bicyclic) bond motifs is 1. The van der Waals surface area contributed by atoms with Crippen molar-refractivity contribution in [3.05, 3.63) is 0 Å². The Hall–Kier alpha value is -1.23. The van der Waals surface area contributed by atoms with Crippen molar-refractivity contribution < 1.29 is 4.79 Å². The average molecular weight is 171 g/mol. The minimum atomic E-state index is -0.632. The summed E-state index contributed by atoms with van der Waals surface area (Å²) in [6.07, 6.45) is 1.28. The van der Waals surface area contributed by atoms with Gasteiger partial charge in [0.05, 0.1) is 6.34 Å². The number of carbonyl (C=O) groups is 1. The van der Waals surface area contributed by atoms with Gasteiger partial charge in [-0.2, -0.15) is 0 Å². The fourth-order valence-electron chi connectivity index (χ4n) is 0.865. The molecule has 2 heterocycles. The third-order valence-corrected chi connectivity index (χ3v) is 1.52. The number of halogens is 1. The number of rotatable bonds is 0. The molecule has 11 heavy (non-hydrogen) atoms. The molecule has 1 N–H and O–H groups in total. The van der Waals surface area contributed by atoms with Crippen molar-refractivity contribution in [1.82, 2.24) is 5.32 Å². The fourth-order valence-corrected chi connectivity index (χ4v) is 1.05. The van der Waals surface area contributed by atoms with Crippen LogP contribution in [-0.4, -0.2) is 29.4 Å². The van der Waals surface area contributed by atoms with Crippen LogP contribution in [0.2, 0.25) is 0 Å². The molecular formula is C5H3ClN4O. The van der Waals surface area contributed by atoms with Gasteiger partial charge in [0.15, 0.2) is 11.9 Å². The number of amidine groups is 2. The van der Waals surface area contributed by atoms with Crippen LogP contribution in [-0.2, 0) is 4.79 Å². The second-order valence-corrected chi connectivity index (χ2v) is 2.38. The average Bonchev–Trinajstić information content (AvgIpc) is 2.31. The van der Waals surface area contributed by atoms with E-state index < -0.39 is 6.04 Å². The minimum Gasteiger partial charge on any atom is -0.314 e. The molecule has 0 aromatic carbocycles. The van der Waals surface area contributed by atoms with Gasteiger partial charge < -0.3 is 5.32 Å². The van der Waals surface area contributed by atoms with Gasteiger partial charge >= 0.3 is 0 Å².